The Bertz CT molecular complexity index is 1370. The van der Waals surface area contributed by atoms with E-state index >= 15 is 0 Å². The molecule has 1 N–H and O–H groups in total. The minimum Gasteiger partial charge on any atom is -0.319 e. The lowest BCUT2D eigenvalue weighted by molar-refractivity contribution is -0.119. The molecule has 11 heteroatoms. The molecule has 35 heavy (non-hydrogen) atoms. The minimum absolute atomic E-state index is 0.0289. The molecular weight excluding hydrogens is 597 g/mol. The zero-order chi connectivity index (χ0) is 25.7. The van der Waals surface area contributed by atoms with Crippen molar-refractivity contribution in [1.29, 1.82) is 0 Å². The molecule has 0 radical (unpaired) electrons. The van der Waals surface area contributed by atoms with E-state index in [0.29, 0.717) is 11.6 Å². The first kappa shape index (κ1) is 25.9. The van der Waals surface area contributed by atoms with Crippen molar-refractivity contribution in [3.05, 3.63) is 98.0 Å². The number of rotatable bonds is 6. The van der Waals surface area contributed by atoms with Crippen LogP contribution in [-0.4, -0.2) is 16.0 Å². The van der Waals surface area contributed by atoms with E-state index in [1.807, 2.05) is 0 Å². The van der Waals surface area contributed by atoms with Crippen molar-refractivity contribution in [2.45, 2.75) is 16.7 Å². The number of amides is 1. The van der Waals surface area contributed by atoms with E-state index in [4.69, 9.17) is 34.8 Å². The van der Waals surface area contributed by atoms with Crippen LogP contribution in [0.2, 0.25) is 5.02 Å². The summed E-state index contributed by atoms with van der Waals surface area (Å²) in [5, 5.41) is 2.32. The van der Waals surface area contributed by atoms with Crippen LogP contribution in [0, 0.1) is 29.2 Å². The van der Waals surface area contributed by atoms with Gasteiger partial charge in [-0.05, 0) is 63.5 Å². The van der Waals surface area contributed by atoms with E-state index in [0.717, 1.165) is 24.3 Å². The van der Waals surface area contributed by atoms with Crippen LogP contribution in [0.15, 0.2) is 53.0 Å². The second kappa shape index (κ2) is 9.73. The molecule has 1 aliphatic carbocycles. The van der Waals surface area contributed by atoms with Gasteiger partial charge >= 0.3 is 0 Å². The summed E-state index contributed by atoms with van der Waals surface area (Å²) in [6, 6.07) is 8.74. The number of benzene rings is 3. The van der Waals surface area contributed by atoms with Gasteiger partial charge in [0.1, 0.15) is 33.4 Å². The van der Waals surface area contributed by atoms with Crippen LogP contribution >= 0.6 is 50.7 Å². The fourth-order valence-electron chi connectivity index (χ4n) is 3.86. The Hall–Kier alpha value is -2.13. The van der Waals surface area contributed by atoms with Gasteiger partial charge in [0.05, 0.1) is 26.7 Å². The summed E-state index contributed by atoms with van der Waals surface area (Å²) in [4.78, 5) is 25.6. The quantitative estimate of drug-likeness (QED) is 0.178. The fourth-order valence-corrected chi connectivity index (χ4v) is 5.37. The van der Waals surface area contributed by atoms with Crippen LogP contribution in [-0.2, 0) is 11.2 Å². The molecular formula is C24H13BrCl3F4NO2. The molecule has 0 aliphatic heterocycles. The smallest absolute Gasteiger partial charge is 0.257 e. The lowest BCUT2D eigenvalue weighted by atomic mass is 10.0. The summed E-state index contributed by atoms with van der Waals surface area (Å²) >= 11 is 21.6. The zero-order valence-electron chi connectivity index (χ0n) is 17.3. The number of hydrogen-bond acceptors (Lipinski definition) is 2. The standard InChI is InChI=1S/C24H13BrCl3F4NO2/c25-15-8-12(30)7-14(22(15)32)20-21(24(20,27)28)19(34)6-10-1-3-16(26)13(5-10)23(35)33-18-4-2-11(29)9-17(18)31/h1-5,7-9,20-21H,6H2,(H,33,35). The first-order chi connectivity index (χ1) is 16.4. The van der Waals surface area contributed by atoms with Crippen molar-refractivity contribution < 1.29 is 27.2 Å². The number of ketones is 1. The van der Waals surface area contributed by atoms with Gasteiger partial charge in [-0.3, -0.25) is 9.59 Å². The van der Waals surface area contributed by atoms with Crippen LogP contribution in [0.25, 0.3) is 0 Å². The Morgan fingerprint density at radius 2 is 1.69 bits per heavy atom. The van der Waals surface area contributed by atoms with Crippen molar-refractivity contribution in [2.75, 3.05) is 5.32 Å². The molecule has 0 saturated heterocycles. The van der Waals surface area contributed by atoms with Gasteiger partial charge in [0.15, 0.2) is 0 Å². The second-order valence-corrected chi connectivity index (χ2v) is 10.7. The van der Waals surface area contributed by atoms with E-state index < -0.39 is 51.1 Å². The number of Topliss-reactive ketones (excluding diaryl/α,β-unsaturated/α-hetero) is 1. The Kier molecular flexibility index (Phi) is 7.21. The molecule has 0 aromatic heterocycles. The molecule has 1 amide bonds. The van der Waals surface area contributed by atoms with Gasteiger partial charge in [-0.25, -0.2) is 17.6 Å². The van der Waals surface area contributed by atoms with Crippen LogP contribution in [0.4, 0.5) is 23.2 Å². The van der Waals surface area contributed by atoms with Gasteiger partial charge in [-0.1, -0.05) is 17.7 Å². The maximum atomic E-state index is 14.5. The summed E-state index contributed by atoms with van der Waals surface area (Å²) in [6.07, 6.45) is -0.233. The van der Waals surface area contributed by atoms with Crippen molar-refractivity contribution in [1.82, 2.24) is 0 Å². The number of carbonyl (C=O) groups is 2. The van der Waals surface area contributed by atoms with Crippen LogP contribution in [0.5, 0.6) is 0 Å². The molecule has 3 nitrogen and oxygen atoms in total. The zero-order valence-corrected chi connectivity index (χ0v) is 21.2. The van der Waals surface area contributed by atoms with Gasteiger partial charge in [0.2, 0.25) is 0 Å². The third-order valence-corrected chi connectivity index (χ3v) is 7.44. The summed E-state index contributed by atoms with van der Waals surface area (Å²) in [7, 11) is 0. The molecule has 182 valence electrons. The predicted octanol–water partition coefficient (Wildman–Crippen LogP) is 7.61. The second-order valence-electron chi connectivity index (χ2n) is 7.96. The number of hydrogen-bond donors (Lipinski definition) is 1. The molecule has 0 bridgehead atoms. The van der Waals surface area contributed by atoms with Crippen LogP contribution < -0.4 is 5.32 Å². The van der Waals surface area contributed by atoms with E-state index in [-0.39, 0.29) is 32.7 Å². The summed E-state index contributed by atoms with van der Waals surface area (Å²) in [6.45, 7) is 0. The summed E-state index contributed by atoms with van der Waals surface area (Å²) < 4.78 is 53.6. The van der Waals surface area contributed by atoms with E-state index in [1.54, 1.807) is 0 Å². The molecule has 0 heterocycles. The van der Waals surface area contributed by atoms with Crippen LogP contribution in [0.3, 0.4) is 0 Å². The maximum Gasteiger partial charge on any atom is 0.257 e. The Balaban J connectivity index is 1.54. The molecule has 3 aromatic rings. The highest BCUT2D eigenvalue weighted by Crippen LogP contribution is 2.66. The Morgan fingerprint density at radius 3 is 2.37 bits per heavy atom. The van der Waals surface area contributed by atoms with E-state index in [9.17, 15) is 27.2 Å². The highest BCUT2D eigenvalue weighted by molar-refractivity contribution is 9.10. The molecule has 0 spiro atoms. The Morgan fingerprint density at radius 1 is 0.971 bits per heavy atom. The number of nitrogens with one attached hydrogen (secondary N) is 1. The SMILES string of the molecule is O=C(Nc1ccc(F)cc1F)c1cc(CC(=O)C2C(c3cc(F)cc(Br)c3F)C2(Cl)Cl)ccc1Cl. The highest BCUT2D eigenvalue weighted by Gasteiger charge is 2.67. The fraction of sp³-hybridized carbons (Fsp3) is 0.167. The van der Waals surface area contributed by atoms with Gasteiger partial charge in [-0.15, -0.1) is 23.2 Å². The van der Waals surface area contributed by atoms with Crippen molar-refractivity contribution in [3.8, 4) is 0 Å². The monoisotopic (exact) mass is 607 g/mol. The maximum absolute atomic E-state index is 14.5. The average Bonchev–Trinajstić information content (AvgIpc) is 3.35. The largest absolute Gasteiger partial charge is 0.319 e. The van der Waals surface area contributed by atoms with Crippen molar-refractivity contribution >= 4 is 68.1 Å². The van der Waals surface area contributed by atoms with Gasteiger partial charge in [0.25, 0.3) is 5.91 Å². The van der Waals surface area contributed by atoms with Gasteiger partial charge in [0, 0.05) is 18.4 Å². The predicted molar refractivity (Wildman–Crippen MR) is 129 cm³/mol. The number of carbonyl (C=O) groups excluding carboxylic acids is 2. The summed E-state index contributed by atoms with van der Waals surface area (Å²) in [5.41, 5.74) is -0.0826. The third-order valence-electron chi connectivity index (χ3n) is 5.59. The molecule has 4 rings (SSSR count). The number of alkyl halides is 2. The highest BCUT2D eigenvalue weighted by atomic mass is 79.9. The molecule has 1 aliphatic rings. The van der Waals surface area contributed by atoms with E-state index in [1.165, 1.54) is 18.2 Å². The third kappa shape index (κ3) is 5.21. The first-order valence-corrected chi connectivity index (χ1v) is 11.9. The Labute approximate surface area is 220 Å². The van der Waals surface area contributed by atoms with Gasteiger partial charge < -0.3 is 5.32 Å². The van der Waals surface area contributed by atoms with Crippen molar-refractivity contribution in [3.63, 3.8) is 0 Å². The average molecular weight is 610 g/mol. The molecule has 2 atom stereocenters. The first-order valence-electron chi connectivity index (χ1n) is 10.00. The molecule has 1 saturated carbocycles. The molecule has 3 aromatic carbocycles. The number of halogens is 8. The lowest BCUT2D eigenvalue weighted by Crippen LogP contribution is -2.15. The normalized spacial score (nSPS) is 18.3. The van der Waals surface area contributed by atoms with Gasteiger partial charge in [-0.2, -0.15) is 0 Å². The van der Waals surface area contributed by atoms with Crippen molar-refractivity contribution in [2.24, 2.45) is 5.92 Å². The molecule has 1 fully saturated rings. The topological polar surface area (TPSA) is 46.2 Å². The van der Waals surface area contributed by atoms with Crippen LogP contribution in [0.1, 0.15) is 27.4 Å². The van der Waals surface area contributed by atoms with E-state index in [2.05, 4.69) is 21.2 Å². The number of anilines is 1. The lowest BCUT2D eigenvalue weighted by Gasteiger charge is -2.10. The summed E-state index contributed by atoms with van der Waals surface area (Å²) in [5.74, 6) is -6.50. The minimum atomic E-state index is -1.64. The molecule has 2 unspecified atom stereocenters.